The molecule has 1 aromatic heterocycles. The first kappa shape index (κ1) is 31.6. The van der Waals surface area contributed by atoms with E-state index in [4.69, 9.17) is 31.8 Å². The molecule has 5 rings (SSSR count). The number of carbonyl (C=O) groups is 2. The molecular formula is C34H42ClN5O4. The molecule has 1 aliphatic carbocycles. The van der Waals surface area contributed by atoms with E-state index in [0.717, 1.165) is 60.4 Å². The summed E-state index contributed by atoms with van der Waals surface area (Å²) in [6, 6.07) is 15.4. The lowest BCUT2D eigenvalue weighted by Gasteiger charge is -2.38. The van der Waals surface area contributed by atoms with E-state index >= 15 is 0 Å². The first-order chi connectivity index (χ1) is 21.1. The topological polar surface area (TPSA) is 110 Å². The number of benzene rings is 2. The van der Waals surface area contributed by atoms with Gasteiger partial charge in [-0.05, 0) is 98.5 Å². The Balaban J connectivity index is 1.38. The van der Waals surface area contributed by atoms with Gasteiger partial charge in [-0.1, -0.05) is 23.7 Å². The average Bonchev–Trinajstić information content (AvgIpc) is 3.00. The summed E-state index contributed by atoms with van der Waals surface area (Å²) in [7, 11) is 3.67. The van der Waals surface area contributed by atoms with Crippen molar-refractivity contribution in [3.63, 3.8) is 0 Å². The van der Waals surface area contributed by atoms with Crippen LogP contribution in [0.25, 0.3) is 0 Å². The summed E-state index contributed by atoms with van der Waals surface area (Å²) >= 11 is 6.25. The van der Waals surface area contributed by atoms with E-state index in [9.17, 15) is 9.59 Å². The third-order valence-corrected chi connectivity index (χ3v) is 8.73. The molecule has 0 radical (unpaired) electrons. The minimum atomic E-state index is -0.396. The third-order valence-electron chi connectivity index (χ3n) is 8.48. The van der Waals surface area contributed by atoms with Crippen LogP contribution in [0, 0.1) is 5.92 Å². The van der Waals surface area contributed by atoms with Gasteiger partial charge in [0.15, 0.2) is 11.5 Å². The molecule has 9 nitrogen and oxygen atoms in total. The first-order valence-corrected chi connectivity index (χ1v) is 15.6. The maximum atomic E-state index is 13.8. The SMILES string of the molecule is COc1cc2c(cc1OC(C)C)[C@H](c1ccc(Cl)cc1)N(c1ccc(N(C)CC3CCC(NCC(N)=O)CC3)nc1)C(=O)C2. The fourth-order valence-corrected chi connectivity index (χ4v) is 6.48. The molecule has 1 aliphatic heterocycles. The summed E-state index contributed by atoms with van der Waals surface area (Å²) in [6.07, 6.45) is 6.19. The van der Waals surface area contributed by atoms with Gasteiger partial charge >= 0.3 is 0 Å². The second kappa shape index (κ2) is 13.9. The highest BCUT2D eigenvalue weighted by molar-refractivity contribution is 6.30. The maximum Gasteiger partial charge on any atom is 0.232 e. The third kappa shape index (κ3) is 7.27. The number of pyridine rings is 1. The molecule has 10 heteroatoms. The molecule has 234 valence electrons. The summed E-state index contributed by atoms with van der Waals surface area (Å²) in [5.74, 6) is 2.30. The molecule has 0 spiro atoms. The lowest BCUT2D eigenvalue weighted by atomic mass is 9.85. The number of hydrogen-bond donors (Lipinski definition) is 2. The van der Waals surface area contributed by atoms with Gasteiger partial charge < -0.3 is 25.4 Å². The summed E-state index contributed by atoms with van der Waals surface area (Å²) < 4.78 is 11.7. The number of nitrogens with zero attached hydrogens (tertiary/aromatic N) is 3. The average molecular weight is 620 g/mol. The van der Waals surface area contributed by atoms with Gasteiger partial charge in [0.2, 0.25) is 11.8 Å². The monoisotopic (exact) mass is 619 g/mol. The van der Waals surface area contributed by atoms with E-state index in [1.54, 1.807) is 13.3 Å². The molecule has 1 atom stereocenters. The molecule has 0 bridgehead atoms. The number of hydrogen-bond acceptors (Lipinski definition) is 7. The number of rotatable bonds is 11. The molecule has 0 unspecified atom stereocenters. The summed E-state index contributed by atoms with van der Waals surface area (Å²) in [6.45, 7) is 5.07. The van der Waals surface area contributed by atoms with Crippen LogP contribution in [0.15, 0.2) is 54.7 Å². The fraction of sp³-hybridized carbons (Fsp3) is 0.441. The van der Waals surface area contributed by atoms with Crippen LogP contribution < -0.4 is 30.3 Å². The molecule has 0 saturated heterocycles. The molecule has 1 saturated carbocycles. The summed E-state index contributed by atoms with van der Waals surface area (Å²) in [5, 5.41) is 3.89. The maximum absolute atomic E-state index is 13.8. The smallest absolute Gasteiger partial charge is 0.232 e. The highest BCUT2D eigenvalue weighted by Crippen LogP contribution is 2.44. The van der Waals surface area contributed by atoms with Crippen LogP contribution in [-0.4, -0.2) is 56.2 Å². The minimum Gasteiger partial charge on any atom is -0.493 e. The second-order valence-electron chi connectivity index (χ2n) is 12.1. The Labute approximate surface area is 264 Å². The van der Waals surface area contributed by atoms with Crippen molar-refractivity contribution in [3.05, 3.63) is 76.4 Å². The van der Waals surface area contributed by atoms with Crippen LogP contribution in [0.5, 0.6) is 11.5 Å². The molecule has 1 fully saturated rings. The number of nitrogens with two attached hydrogens (primary N) is 1. The van der Waals surface area contributed by atoms with E-state index in [2.05, 4.69) is 17.3 Å². The van der Waals surface area contributed by atoms with Gasteiger partial charge in [0.05, 0.1) is 44.1 Å². The van der Waals surface area contributed by atoms with Gasteiger partial charge in [-0.3, -0.25) is 14.5 Å². The quantitative estimate of drug-likeness (QED) is 0.300. The number of aromatic nitrogens is 1. The van der Waals surface area contributed by atoms with Gasteiger partial charge in [-0.2, -0.15) is 0 Å². The summed E-state index contributed by atoms with van der Waals surface area (Å²) in [5.41, 5.74) is 8.82. The highest BCUT2D eigenvalue weighted by atomic mass is 35.5. The van der Waals surface area contributed by atoms with E-state index < -0.39 is 6.04 Å². The lowest BCUT2D eigenvalue weighted by molar-refractivity contribution is -0.119. The van der Waals surface area contributed by atoms with Crippen molar-refractivity contribution in [3.8, 4) is 11.5 Å². The van der Waals surface area contributed by atoms with Crippen LogP contribution in [0.1, 0.15) is 62.3 Å². The molecule has 3 N–H and O–H groups in total. The number of ether oxygens (including phenoxy) is 2. The van der Waals surface area contributed by atoms with Crippen LogP contribution in [0.2, 0.25) is 5.02 Å². The second-order valence-corrected chi connectivity index (χ2v) is 12.5. The van der Waals surface area contributed by atoms with Crippen molar-refractivity contribution in [1.29, 1.82) is 0 Å². The zero-order chi connectivity index (χ0) is 31.4. The highest BCUT2D eigenvalue weighted by Gasteiger charge is 2.36. The predicted octanol–water partition coefficient (Wildman–Crippen LogP) is 5.28. The van der Waals surface area contributed by atoms with Crippen molar-refractivity contribution < 1.29 is 19.1 Å². The number of nitrogens with one attached hydrogen (secondary N) is 1. The summed E-state index contributed by atoms with van der Waals surface area (Å²) in [4.78, 5) is 33.7. The standard InChI is InChI=1S/C34H42ClN5O4/c1-21(2)44-30-17-28-24(15-29(30)43-4)16-33(42)40(34(28)23-7-9-25(35)10-8-23)27-13-14-32(38-18-27)39(3)20-22-5-11-26(12-6-22)37-19-31(36)41/h7-10,13-15,17-18,21-22,26,34,37H,5-6,11-12,16,19-20H2,1-4H3,(H2,36,41)/t22?,26?,34-/m0/s1. The van der Waals surface area contributed by atoms with Crippen LogP contribution in [0.4, 0.5) is 11.5 Å². The van der Waals surface area contributed by atoms with E-state index in [-0.39, 0.29) is 30.9 Å². The largest absolute Gasteiger partial charge is 0.493 e. The van der Waals surface area contributed by atoms with Crippen molar-refractivity contribution in [2.45, 2.75) is 64.1 Å². The van der Waals surface area contributed by atoms with Crippen LogP contribution >= 0.6 is 11.6 Å². The Hall–Kier alpha value is -3.82. The normalized spacial score (nSPS) is 19.9. The van der Waals surface area contributed by atoms with Crippen LogP contribution in [0.3, 0.4) is 0 Å². The number of carbonyl (C=O) groups excluding carboxylic acids is 2. The van der Waals surface area contributed by atoms with E-state index in [0.29, 0.717) is 28.5 Å². The molecule has 2 heterocycles. The minimum absolute atomic E-state index is 0.0263. The van der Waals surface area contributed by atoms with Gasteiger partial charge in [0.1, 0.15) is 5.82 Å². The first-order valence-electron chi connectivity index (χ1n) is 15.3. The van der Waals surface area contributed by atoms with Crippen LogP contribution in [-0.2, 0) is 16.0 Å². The molecule has 44 heavy (non-hydrogen) atoms. The lowest BCUT2D eigenvalue weighted by Crippen LogP contribution is -2.41. The Bertz CT molecular complexity index is 1460. The number of fused-ring (bicyclic) bond motifs is 1. The van der Waals surface area contributed by atoms with Crippen molar-refractivity contribution in [2.24, 2.45) is 11.7 Å². The van der Waals surface area contributed by atoms with Gasteiger partial charge in [-0.25, -0.2) is 4.98 Å². The Morgan fingerprint density at radius 1 is 1.11 bits per heavy atom. The Morgan fingerprint density at radius 3 is 2.45 bits per heavy atom. The predicted molar refractivity (Wildman–Crippen MR) is 174 cm³/mol. The Morgan fingerprint density at radius 2 is 1.84 bits per heavy atom. The van der Waals surface area contributed by atoms with Gasteiger partial charge in [-0.15, -0.1) is 0 Å². The molecular weight excluding hydrogens is 578 g/mol. The molecule has 2 amide bonds. The molecule has 2 aliphatic rings. The zero-order valence-electron chi connectivity index (χ0n) is 25.9. The molecule has 3 aromatic rings. The number of halogens is 1. The van der Waals surface area contributed by atoms with Crippen molar-refractivity contribution in [2.75, 3.05) is 37.0 Å². The Kier molecular flexibility index (Phi) is 9.96. The zero-order valence-corrected chi connectivity index (χ0v) is 26.6. The number of amides is 2. The van der Waals surface area contributed by atoms with Crippen molar-refractivity contribution in [1.82, 2.24) is 10.3 Å². The van der Waals surface area contributed by atoms with Gasteiger partial charge in [0, 0.05) is 24.7 Å². The number of primary amides is 1. The number of methoxy groups -OCH3 is 1. The molecule has 2 aromatic carbocycles. The van der Waals surface area contributed by atoms with Crippen molar-refractivity contribution >= 4 is 34.9 Å². The van der Waals surface area contributed by atoms with E-state index in [1.807, 2.05) is 67.3 Å². The fourth-order valence-electron chi connectivity index (χ4n) is 6.35. The number of anilines is 2. The van der Waals surface area contributed by atoms with Gasteiger partial charge in [0.25, 0.3) is 0 Å². The van der Waals surface area contributed by atoms with E-state index in [1.165, 1.54) is 0 Å².